The third kappa shape index (κ3) is 3.73. The van der Waals surface area contributed by atoms with Gasteiger partial charge in [-0.3, -0.25) is 10.1 Å². The first-order chi connectivity index (χ1) is 9.39. The molecule has 20 heavy (non-hydrogen) atoms. The zero-order valence-corrected chi connectivity index (χ0v) is 14.2. The number of nitrogens with one attached hydrogen (secondary N) is 1. The average molecular weight is 283 g/mol. The highest BCUT2D eigenvalue weighted by molar-refractivity contribution is 5.88. The quantitative estimate of drug-likeness (QED) is 0.742. The fourth-order valence-electron chi connectivity index (χ4n) is 2.93. The number of hydrogen-bond acceptors (Lipinski definition) is 3. The van der Waals surface area contributed by atoms with Crippen LogP contribution in [0.5, 0.6) is 0 Å². The van der Waals surface area contributed by atoms with Crippen LogP contribution in [0.3, 0.4) is 0 Å². The molecular weight excluding hydrogens is 250 g/mol. The topological polar surface area (TPSA) is 35.6 Å². The Morgan fingerprint density at radius 2 is 1.90 bits per heavy atom. The van der Waals surface area contributed by atoms with Gasteiger partial charge in [0.15, 0.2) is 0 Å². The number of carbonyl (C=O) groups is 1. The number of rotatable bonds is 8. The Balaban J connectivity index is 2.63. The normalized spacial score (nSPS) is 27.1. The van der Waals surface area contributed by atoms with Gasteiger partial charge in [-0.25, -0.2) is 0 Å². The molecule has 0 aromatic rings. The molecule has 4 nitrogen and oxygen atoms in total. The Morgan fingerprint density at radius 3 is 2.35 bits per heavy atom. The monoisotopic (exact) mass is 283 g/mol. The van der Waals surface area contributed by atoms with E-state index < -0.39 is 0 Å². The Hall–Kier alpha value is -0.610. The molecule has 1 N–H and O–H groups in total. The smallest absolute Gasteiger partial charge is 0.243 e. The van der Waals surface area contributed by atoms with Crippen LogP contribution in [0.2, 0.25) is 0 Å². The predicted octanol–water partition coefficient (Wildman–Crippen LogP) is 2.30. The van der Waals surface area contributed by atoms with Gasteiger partial charge >= 0.3 is 0 Å². The SMILES string of the molecule is CCN(CC)CCCN1C(=O)C(C)(CC)NC1C(C)C. The Labute approximate surface area is 124 Å². The molecule has 0 saturated carbocycles. The standard InChI is InChI=1S/C16H33N3O/c1-7-16(6)15(20)19(14(17-16)13(4)5)12-10-11-18(8-2)9-3/h13-14,17H,7-12H2,1-6H3. The lowest BCUT2D eigenvalue weighted by atomic mass is 9.99. The van der Waals surface area contributed by atoms with Gasteiger partial charge in [-0.2, -0.15) is 0 Å². The highest BCUT2D eigenvalue weighted by atomic mass is 16.2. The number of hydrogen-bond donors (Lipinski definition) is 1. The molecule has 0 spiro atoms. The van der Waals surface area contributed by atoms with Gasteiger partial charge in [-0.1, -0.05) is 34.6 Å². The van der Waals surface area contributed by atoms with Crippen molar-refractivity contribution in [3.8, 4) is 0 Å². The van der Waals surface area contributed by atoms with E-state index in [0.717, 1.165) is 39.0 Å². The van der Waals surface area contributed by atoms with Crippen LogP contribution in [0.4, 0.5) is 0 Å². The Kier molecular flexibility index (Phi) is 6.46. The van der Waals surface area contributed by atoms with Crippen LogP contribution in [-0.4, -0.2) is 53.6 Å². The van der Waals surface area contributed by atoms with E-state index in [-0.39, 0.29) is 17.6 Å². The minimum Gasteiger partial charge on any atom is -0.325 e. The van der Waals surface area contributed by atoms with Gasteiger partial charge in [0.25, 0.3) is 0 Å². The zero-order chi connectivity index (χ0) is 15.3. The number of nitrogens with zero attached hydrogens (tertiary/aromatic N) is 2. The van der Waals surface area contributed by atoms with Gasteiger partial charge < -0.3 is 9.80 Å². The second-order valence-corrected chi connectivity index (χ2v) is 6.40. The molecule has 0 aromatic carbocycles. The van der Waals surface area contributed by atoms with E-state index in [1.165, 1.54) is 0 Å². The fraction of sp³-hybridized carbons (Fsp3) is 0.938. The van der Waals surface area contributed by atoms with Gasteiger partial charge in [-0.05, 0) is 45.3 Å². The van der Waals surface area contributed by atoms with Crippen molar-refractivity contribution in [3.05, 3.63) is 0 Å². The summed E-state index contributed by atoms with van der Waals surface area (Å²) in [5.74, 6) is 0.721. The maximum absolute atomic E-state index is 12.6. The molecule has 1 saturated heterocycles. The van der Waals surface area contributed by atoms with Crippen molar-refractivity contribution in [1.82, 2.24) is 15.1 Å². The van der Waals surface area contributed by atoms with Crippen molar-refractivity contribution in [2.24, 2.45) is 5.92 Å². The first kappa shape index (κ1) is 17.4. The molecule has 0 aromatic heterocycles. The minimum absolute atomic E-state index is 0.184. The highest BCUT2D eigenvalue weighted by Crippen LogP contribution is 2.27. The van der Waals surface area contributed by atoms with E-state index in [4.69, 9.17) is 0 Å². The highest BCUT2D eigenvalue weighted by Gasteiger charge is 2.47. The lowest BCUT2D eigenvalue weighted by Crippen LogP contribution is -2.45. The average Bonchev–Trinajstić information content (AvgIpc) is 2.69. The van der Waals surface area contributed by atoms with Crippen LogP contribution in [0, 0.1) is 5.92 Å². The molecule has 2 atom stereocenters. The van der Waals surface area contributed by atoms with Crippen LogP contribution in [-0.2, 0) is 4.79 Å². The predicted molar refractivity (Wildman–Crippen MR) is 84.6 cm³/mol. The van der Waals surface area contributed by atoms with E-state index in [9.17, 15) is 4.79 Å². The third-order valence-electron chi connectivity index (χ3n) is 4.64. The molecule has 1 rings (SSSR count). The van der Waals surface area contributed by atoms with Gasteiger partial charge in [0.1, 0.15) is 0 Å². The fourth-order valence-corrected chi connectivity index (χ4v) is 2.93. The molecule has 1 fully saturated rings. The van der Waals surface area contributed by atoms with Gasteiger partial charge in [0, 0.05) is 6.54 Å². The molecule has 4 heteroatoms. The molecule has 1 heterocycles. The molecule has 1 aliphatic heterocycles. The van der Waals surface area contributed by atoms with Crippen LogP contribution in [0.1, 0.15) is 54.4 Å². The second-order valence-electron chi connectivity index (χ2n) is 6.40. The van der Waals surface area contributed by atoms with Gasteiger partial charge in [-0.15, -0.1) is 0 Å². The van der Waals surface area contributed by atoms with E-state index >= 15 is 0 Å². The van der Waals surface area contributed by atoms with Crippen molar-refractivity contribution in [1.29, 1.82) is 0 Å². The van der Waals surface area contributed by atoms with Crippen molar-refractivity contribution >= 4 is 5.91 Å². The Bertz CT molecular complexity index is 315. The van der Waals surface area contributed by atoms with Crippen molar-refractivity contribution in [3.63, 3.8) is 0 Å². The third-order valence-corrected chi connectivity index (χ3v) is 4.64. The van der Waals surface area contributed by atoms with Crippen LogP contribution in [0.25, 0.3) is 0 Å². The van der Waals surface area contributed by atoms with Gasteiger partial charge in [0.2, 0.25) is 5.91 Å². The summed E-state index contributed by atoms with van der Waals surface area (Å²) in [6, 6.07) is 0. The minimum atomic E-state index is -0.371. The maximum Gasteiger partial charge on any atom is 0.243 e. The summed E-state index contributed by atoms with van der Waals surface area (Å²) < 4.78 is 0. The summed E-state index contributed by atoms with van der Waals surface area (Å²) in [7, 11) is 0. The molecule has 0 bridgehead atoms. The van der Waals surface area contributed by atoms with Crippen LogP contribution >= 0.6 is 0 Å². The van der Waals surface area contributed by atoms with Crippen molar-refractivity contribution in [2.45, 2.75) is 66.1 Å². The molecule has 1 amide bonds. The first-order valence-corrected chi connectivity index (χ1v) is 8.20. The maximum atomic E-state index is 12.6. The second kappa shape index (κ2) is 7.41. The van der Waals surface area contributed by atoms with Crippen LogP contribution < -0.4 is 5.32 Å². The lowest BCUT2D eigenvalue weighted by molar-refractivity contribution is -0.133. The molecular formula is C16H33N3O. The molecule has 0 radical (unpaired) electrons. The van der Waals surface area contributed by atoms with E-state index in [0.29, 0.717) is 5.92 Å². The summed E-state index contributed by atoms with van der Waals surface area (Å²) >= 11 is 0. The van der Waals surface area contributed by atoms with Crippen LogP contribution in [0.15, 0.2) is 0 Å². The zero-order valence-electron chi connectivity index (χ0n) is 14.2. The number of carbonyl (C=O) groups excluding carboxylic acids is 1. The summed E-state index contributed by atoms with van der Waals surface area (Å²) in [4.78, 5) is 17.1. The van der Waals surface area contributed by atoms with E-state index in [2.05, 4.69) is 49.7 Å². The van der Waals surface area contributed by atoms with E-state index in [1.807, 2.05) is 6.92 Å². The Morgan fingerprint density at radius 1 is 1.30 bits per heavy atom. The largest absolute Gasteiger partial charge is 0.325 e. The van der Waals surface area contributed by atoms with Crippen molar-refractivity contribution in [2.75, 3.05) is 26.2 Å². The lowest BCUT2D eigenvalue weighted by Gasteiger charge is -2.28. The summed E-state index contributed by atoms with van der Waals surface area (Å²) in [5.41, 5.74) is -0.371. The first-order valence-electron chi connectivity index (χ1n) is 8.20. The van der Waals surface area contributed by atoms with Crippen molar-refractivity contribution < 1.29 is 4.79 Å². The van der Waals surface area contributed by atoms with E-state index in [1.54, 1.807) is 0 Å². The number of amides is 1. The molecule has 0 aliphatic carbocycles. The molecule has 1 aliphatic rings. The summed E-state index contributed by atoms with van der Waals surface area (Å²) in [6.07, 6.45) is 2.09. The van der Waals surface area contributed by atoms with Gasteiger partial charge in [0.05, 0.1) is 11.7 Å². The summed E-state index contributed by atoms with van der Waals surface area (Å²) in [5, 5.41) is 3.55. The molecule has 2 unspecified atom stereocenters. The molecule has 118 valence electrons. The summed E-state index contributed by atoms with van der Waals surface area (Å²) in [6.45, 7) is 17.0.